The Morgan fingerprint density at radius 3 is 2.89 bits per heavy atom. The van der Waals surface area contributed by atoms with Gasteiger partial charge in [-0.1, -0.05) is 0 Å². The van der Waals surface area contributed by atoms with Gasteiger partial charge in [-0.15, -0.1) is 0 Å². The summed E-state index contributed by atoms with van der Waals surface area (Å²) in [5.74, 6) is -0.866. The van der Waals surface area contributed by atoms with Crippen LogP contribution in [0.4, 0.5) is 4.39 Å². The molecule has 0 spiro atoms. The van der Waals surface area contributed by atoms with Crippen LogP contribution in [0.3, 0.4) is 0 Å². The van der Waals surface area contributed by atoms with E-state index in [2.05, 4.69) is 5.32 Å². The zero-order valence-corrected chi connectivity index (χ0v) is 10.3. The lowest BCUT2D eigenvalue weighted by Crippen LogP contribution is -2.44. The van der Waals surface area contributed by atoms with E-state index in [9.17, 15) is 9.18 Å². The molecule has 3 N–H and O–H groups in total. The number of primary amides is 1. The van der Waals surface area contributed by atoms with E-state index in [1.807, 2.05) is 0 Å². The van der Waals surface area contributed by atoms with E-state index in [4.69, 9.17) is 10.5 Å². The molecule has 1 aromatic rings. The molecule has 5 heteroatoms. The molecule has 1 aliphatic rings. The van der Waals surface area contributed by atoms with Gasteiger partial charge in [-0.25, -0.2) is 4.39 Å². The maximum atomic E-state index is 13.5. The van der Waals surface area contributed by atoms with Gasteiger partial charge >= 0.3 is 0 Å². The molecule has 0 atom stereocenters. The van der Waals surface area contributed by atoms with Crippen molar-refractivity contribution in [1.29, 1.82) is 0 Å². The van der Waals surface area contributed by atoms with Gasteiger partial charge in [0, 0.05) is 30.8 Å². The van der Waals surface area contributed by atoms with Crippen LogP contribution in [0.25, 0.3) is 0 Å². The topological polar surface area (TPSA) is 64.3 Å². The quantitative estimate of drug-likeness (QED) is 0.827. The highest BCUT2D eigenvalue weighted by Gasteiger charge is 2.28. The zero-order chi connectivity index (χ0) is 13.1. The largest absolute Gasteiger partial charge is 0.381 e. The highest BCUT2D eigenvalue weighted by atomic mass is 19.1. The molecule has 0 saturated heterocycles. The molecular formula is C13H17FN2O2. The number of nitrogens with one attached hydrogen (secondary N) is 1. The van der Waals surface area contributed by atoms with Crippen LogP contribution < -0.4 is 11.1 Å². The Morgan fingerprint density at radius 1 is 1.56 bits per heavy atom. The first-order valence-corrected chi connectivity index (χ1v) is 5.94. The van der Waals surface area contributed by atoms with Crippen LogP contribution in [-0.4, -0.2) is 25.2 Å². The number of rotatable bonds is 5. The molecule has 0 aliphatic heterocycles. The Balaban J connectivity index is 1.92. The molecule has 0 radical (unpaired) electrons. The monoisotopic (exact) mass is 252 g/mol. The standard InChI is InChI=1S/C13H17FN2O2/c1-18-11-5-10(6-11)16-7-9-4-8(13(15)17)2-3-12(9)14/h2-4,10-11,16H,5-7H2,1H3,(H2,15,17). The highest BCUT2D eigenvalue weighted by molar-refractivity contribution is 5.92. The molecular weight excluding hydrogens is 235 g/mol. The molecule has 18 heavy (non-hydrogen) atoms. The summed E-state index contributed by atoms with van der Waals surface area (Å²) >= 11 is 0. The second kappa shape index (κ2) is 5.46. The predicted octanol–water partition coefficient (Wildman–Crippen LogP) is 1.19. The van der Waals surface area contributed by atoms with Gasteiger partial charge in [-0.3, -0.25) is 4.79 Å². The minimum absolute atomic E-state index is 0.310. The summed E-state index contributed by atoms with van der Waals surface area (Å²) in [5.41, 5.74) is 5.96. The summed E-state index contributed by atoms with van der Waals surface area (Å²) in [7, 11) is 1.69. The molecule has 1 amide bonds. The SMILES string of the molecule is COC1CC(NCc2cc(C(N)=O)ccc2F)C1. The Kier molecular flexibility index (Phi) is 3.93. The van der Waals surface area contributed by atoms with E-state index < -0.39 is 5.91 Å². The van der Waals surface area contributed by atoms with Crippen molar-refractivity contribution in [2.45, 2.75) is 31.5 Å². The summed E-state index contributed by atoms with van der Waals surface area (Å²) in [4.78, 5) is 11.0. The number of carbonyl (C=O) groups excluding carboxylic acids is 1. The van der Waals surface area contributed by atoms with E-state index in [0.717, 1.165) is 12.8 Å². The highest BCUT2D eigenvalue weighted by Crippen LogP contribution is 2.23. The van der Waals surface area contributed by atoms with E-state index in [1.54, 1.807) is 7.11 Å². The van der Waals surface area contributed by atoms with Crippen LogP contribution in [0, 0.1) is 5.82 Å². The minimum Gasteiger partial charge on any atom is -0.381 e. The Hall–Kier alpha value is -1.46. The van der Waals surface area contributed by atoms with Crippen molar-refractivity contribution in [2.75, 3.05) is 7.11 Å². The van der Waals surface area contributed by atoms with E-state index in [-0.39, 0.29) is 5.82 Å². The van der Waals surface area contributed by atoms with Crippen molar-refractivity contribution in [2.24, 2.45) is 5.73 Å². The third-order valence-electron chi connectivity index (χ3n) is 3.34. The number of hydrogen-bond acceptors (Lipinski definition) is 3. The fraction of sp³-hybridized carbons (Fsp3) is 0.462. The predicted molar refractivity (Wildman–Crippen MR) is 65.6 cm³/mol. The third kappa shape index (κ3) is 2.86. The van der Waals surface area contributed by atoms with Gasteiger partial charge in [0.05, 0.1) is 6.10 Å². The number of nitrogens with two attached hydrogens (primary N) is 1. The first-order valence-electron chi connectivity index (χ1n) is 5.94. The third-order valence-corrected chi connectivity index (χ3v) is 3.34. The Bertz CT molecular complexity index is 445. The molecule has 4 nitrogen and oxygen atoms in total. The number of hydrogen-bond donors (Lipinski definition) is 2. The van der Waals surface area contributed by atoms with Crippen molar-refractivity contribution < 1.29 is 13.9 Å². The van der Waals surface area contributed by atoms with Gasteiger partial charge < -0.3 is 15.8 Å². The number of ether oxygens (including phenoxy) is 1. The van der Waals surface area contributed by atoms with Crippen LogP contribution in [0.1, 0.15) is 28.8 Å². The molecule has 1 aliphatic carbocycles. The van der Waals surface area contributed by atoms with Crippen molar-refractivity contribution in [3.05, 3.63) is 35.1 Å². The fourth-order valence-electron chi connectivity index (χ4n) is 2.04. The Morgan fingerprint density at radius 2 is 2.28 bits per heavy atom. The van der Waals surface area contributed by atoms with E-state index >= 15 is 0 Å². The molecule has 0 bridgehead atoms. The molecule has 1 fully saturated rings. The number of halogens is 1. The van der Waals surface area contributed by atoms with Crippen molar-refractivity contribution >= 4 is 5.91 Å². The number of carbonyl (C=O) groups is 1. The smallest absolute Gasteiger partial charge is 0.248 e. The van der Waals surface area contributed by atoms with Gasteiger partial charge in [-0.2, -0.15) is 0 Å². The molecule has 1 aromatic carbocycles. The first kappa shape index (κ1) is 13.0. The normalized spacial score (nSPS) is 22.6. The first-order chi connectivity index (χ1) is 8.60. The second-order valence-electron chi connectivity index (χ2n) is 4.58. The number of methoxy groups -OCH3 is 1. The summed E-state index contributed by atoms with van der Waals surface area (Å²) < 4.78 is 18.7. The van der Waals surface area contributed by atoms with Crippen molar-refractivity contribution in [3.8, 4) is 0 Å². The molecule has 0 heterocycles. The van der Waals surface area contributed by atoms with Gasteiger partial charge in [0.1, 0.15) is 5.82 Å². The van der Waals surface area contributed by atoms with Gasteiger partial charge in [0.2, 0.25) is 5.91 Å². The van der Waals surface area contributed by atoms with Gasteiger partial charge in [-0.05, 0) is 31.0 Å². The number of amides is 1. The number of benzene rings is 1. The van der Waals surface area contributed by atoms with Crippen LogP contribution in [0.5, 0.6) is 0 Å². The van der Waals surface area contributed by atoms with Crippen molar-refractivity contribution in [3.63, 3.8) is 0 Å². The summed E-state index contributed by atoms with van der Waals surface area (Å²) in [6, 6.07) is 4.52. The zero-order valence-electron chi connectivity index (χ0n) is 10.3. The maximum Gasteiger partial charge on any atom is 0.248 e. The fourth-order valence-corrected chi connectivity index (χ4v) is 2.04. The van der Waals surface area contributed by atoms with Gasteiger partial charge in [0.25, 0.3) is 0 Å². The average Bonchev–Trinajstić information content (AvgIpc) is 2.29. The van der Waals surface area contributed by atoms with E-state index in [0.29, 0.717) is 29.8 Å². The average molecular weight is 252 g/mol. The lowest BCUT2D eigenvalue weighted by molar-refractivity contribution is 0.0169. The molecule has 98 valence electrons. The lowest BCUT2D eigenvalue weighted by Gasteiger charge is -2.34. The summed E-state index contributed by atoms with van der Waals surface area (Å²) in [6.45, 7) is 0.397. The molecule has 1 saturated carbocycles. The van der Waals surface area contributed by atoms with Crippen LogP contribution in [-0.2, 0) is 11.3 Å². The second-order valence-corrected chi connectivity index (χ2v) is 4.58. The van der Waals surface area contributed by atoms with Gasteiger partial charge in [0.15, 0.2) is 0 Å². The van der Waals surface area contributed by atoms with Crippen molar-refractivity contribution in [1.82, 2.24) is 5.32 Å². The molecule has 0 unspecified atom stereocenters. The van der Waals surface area contributed by atoms with Crippen LogP contribution in [0.2, 0.25) is 0 Å². The molecule has 2 rings (SSSR count). The van der Waals surface area contributed by atoms with Crippen LogP contribution in [0.15, 0.2) is 18.2 Å². The lowest BCUT2D eigenvalue weighted by atomic mass is 9.89. The summed E-state index contributed by atoms with van der Waals surface area (Å²) in [6.07, 6.45) is 2.19. The minimum atomic E-state index is -0.542. The maximum absolute atomic E-state index is 13.5. The summed E-state index contributed by atoms with van der Waals surface area (Å²) in [5, 5.41) is 3.23. The van der Waals surface area contributed by atoms with E-state index in [1.165, 1.54) is 18.2 Å². The Labute approximate surface area is 105 Å². The van der Waals surface area contributed by atoms with Crippen LogP contribution >= 0.6 is 0 Å². The molecule has 0 aromatic heterocycles.